The van der Waals surface area contributed by atoms with Gasteiger partial charge in [0, 0.05) is 6.42 Å². The van der Waals surface area contributed by atoms with Gasteiger partial charge in [-0.2, -0.15) is 0 Å². The molecule has 20 heavy (non-hydrogen) atoms. The molecule has 0 aliphatic carbocycles. The number of ether oxygens (including phenoxy) is 2. The summed E-state index contributed by atoms with van der Waals surface area (Å²) < 4.78 is 9.92. The van der Waals surface area contributed by atoms with Crippen LogP contribution in [0.5, 0.6) is 0 Å². The van der Waals surface area contributed by atoms with Crippen LogP contribution in [0.25, 0.3) is 0 Å². The Bertz CT molecular complexity index is 324. The van der Waals surface area contributed by atoms with Gasteiger partial charge in [-0.15, -0.1) is 0 Å². The van der Waals surface area contributed by atoms with E-state index in [0.29, 0.717) is 19.3 Å². The number of hydrogen-bond acceptors (Lipinski definition) is 6. The molecule has 3 N–H and O–H groups in total. The molecule has 0 aliphatic rings. The Hall–Kier alpha value is -1.14. The summed E-state index contributed by atoms with van der Waals surface area (Å²) in [5, 5.41) is 9.49. The van der Waals surface area contributed by atoms with Crippen LogP contribution >= 0.6 is 0 Å². The molecule has 0 aromatic rings. The van der Waals surface area contributed by atoms with E-state index in [1.807, 2.05) is 0 Å². The smallest absolute Gasteiger partial charge is 0.314 e. The van der Waals surface area contributed by atoms with E-state index in [4.69, 9.17) is 15.2 Å². The molecule has 0 heterocycles. The summed E-state index contributed by atoms with van der Waals surface area (Å²) in [5.41, 5.74) is 3.94. The van der Waals surface area contributed by atoms with Gasteiger partial charge in [0.25, 0.3) is 0 Å². The van der Waals surface area contributed by atoms with Crippen LogP contribution in [0.2, 0.25) is 0 Å². The topological polar surface area (TPSA) is 98.9 Å². The number of carbonyl (C=O) groups is 2. The van der Waals surface area contributed by atoms with Gasteiger partial charge in [0.1, 0.15) is 5.60 Å². The van der Waals surface area contributed by atoms with Crippen LogP contribution in [0.15, 0.2) is 0 Å². The van der Waals surface area contributed by atoms with Crippen LogP contribution < -0.4 is 5.73 Å². The van der Waals surface area contributed by atoms with Crippen molar-refractivity contribution in [3.8, 4) is 0 Å². The summed E-state index contributed by atoms with van der Waals surface area (Å²) in [6, 6.07) is 0. The van der Waals surface area contributed by atoms with Gasteiger partial charge in [-0.3, -0.25) is 9.59 Å². The van der Waals surface area contributed by atoms with Crippen molar-refractivity contribution in [1.82, 2.24) is 0 Å². The third-order valence-electron chi connectivity index (χ3n) is 3.00. The zero-order valence-electron chi connectivity index (χ0n) is 12.9. The number of carbonyl (C=O) groups excluding carboxylic acids is 2. The van der Waals surface area contributed by atoms with Crippen LogP contribution in [0.4, 0.5) is 0 Å². The van der Waals surface area contributed by atoms with E-state index in [0.717, 1.165) is 0 Å². The van der Waals surface area contributed by atoms with Crippen LogP contribution in [0.1, 0.15) is 46.5 Å². The summed E-state index contributed by atoms with van der Waals surface area (Å²) in [6.07, 6.45) is 1.29. The molecule has 0 saturated heterocycles. The minimum absolute atomic E-state index is 0.195. The quantitative estimate of drug-likeness (QED) is 0.647. The lowest BCUT2D eigenvalue weighted by Gasteiger charge is -2.28. The molecule has 0 bridgehead atoms. The summed E-state index contributed by atoms with van der Waals surface area (Å²) in [7, 11) is 1.27. The van der Waals surface area contributed by atoms with E-state index in [-0.39, 0.29) is 25.5 Å². The lowest BCUT2D eigenvalue weighted by molar-refractivity contribution is -0.159. The first-order valence-corrected chi connectivity index (χ1v) is 6.82. The number of methoxy groups -OCH3 is 1. The highest BCUT2D eigenvalue weighted by Gasteiger charge is 2.38. The number of hydrogen-bond donors (Lipinski definition) is 2. The Labute approximate surface area is 120 Å². The van der Waals surface area contributed by atoms with Crippen molar-refractivity contribution in [1.29, 1.82) is 0 Å². The minimum Gasteiger partial charge on any atom is -0.469 e. The Kier molecular flexibility index (Phi) is 7.75. The molecule has 0 aliphatic heterocycles. The molecule has 118 valence electrons. The molecule has 6 heteroatoms. The fourth-order valence-electron chi connectivity index (χ4n) is 2.01. The molecule has 0 aromatic carbocycles. The molecular weight excluding hydrogens is 262 g/mol. The van der Waals surface area contributed by atoms with Crippen molar-refractivity contribution in [2.24, 2.45) is 11.1 Å². The zero-order valence-corrected chi connectivity index (χ0v) is 12.9. The normalized spacial score (nSPS) is 14.5. The first-order valence-electron chi connectivity index (χ1n) is 6.82. The van der Waals surface area contributed by atoms with Gasteiger partial charge in [-0.05, 0) is 46.6 Å². The van der Waals surface area contributed by atoms with E-state index in [9.17, 15) is 14.7 Å². The molecule has 0 spiro atoms. The monoisotopic (exact) mass is 289 g/mol. The van der Waals surface area contributed by atoms with Crippen molar-refractivity contribution in [3.05, 3.63) is 0 Å². The third-order valence-corrected chi connectivity index (χ3v) is 3.00. The van der Waals surface area contributed by atoms with E-state index in [2.05, 4.69) is 0 Å². The molecule has 0 radical (unpaired) electrons. The van der Waals surface area contributed by atoms with E-state index in [1.54, 1.807) is 20.8 Å². The Morgan fingerprint density at radius 3 is 2.20 bits per heavy atom. The number of nitrogens with two attached hydrogens (primary N) is 1. The van der Waals surface area contributed by atoms with Crippen LogP contribution in [0, 0.1) is 5.41 Å². The molecule has 0 rings (SSSR count). The van der Waals surface area contributed by atoms with E-state index < -0.39 is 17.0 Å². The summed E-state index contributed by atoms with van der Waals surface area (Å²) in [5.74, 6) is -0.809. The molecule has 0 aromatic heterocycles. The van der Waals surface area contributed by atoms with Crippen molar-refractivity contribution >= 4 is 11.9 Å². The van der Waals surface area contributed by atoms with Gasteiger partial charge in [-0.1, -0.05) is 0 Å². The predicted molar refractivity (Wildman–Crippen MR) is 74.9 cm³/mol. The SMILES string of the molecule is COC(=O)[C@](CO)(CCN)CCCC(=O)OC(C)(C)C. The number of esters is 2. The average Bonchev–Trinajstić information content (AvgIpc) is 2.34. The molecule has 6 nitrogen and oxygen atoms in total. The van der Waals surface area contributed by atoms with Gasteiger partial charge in [0.15, 0.2) is 0 Å². The van der Waals surface area contributed by atoms with Gasteiger partial charge >= 0.3 is 11.9 Å². The molecule has 0 saturated carbocycles. The van der Waals surface area contributed by atoms with Gasteiger partial charge in [0.05, 0.1) is 19.1 Å². The largest absolute Gasteiger partial charge is 0.469 e. The highest BCUT2D eigenvalue weighted by atomic mass is 16.6. The Morgan fingerprint density at radius 2 is 1.80 bits per heavy atom. The minimum atomic E-state index is -1.02. The van der Waals surface area contributed by atoms with E-state index in [1.165, 1.54) is 7.11 Å². The first-order chi connectivity index (χ1) is 9.20. The first kappa shape index (κ1) is 18.9. The number of rotatable bonds is 8. The lowest BCUT2D eigenvalue weighted by Crippen LogP contribution is -2.38. The van der Waals surface area contributed by atoms with Crippen LogP contribution in [-0.2, 0) is 19.1 Å². The highest BCUT2D eigenvalue weighted by Crippen LogP contribution is 2.30. The lowest BCUT2D eigenvalue weighted by atomic mass is 9.80. The van der Waals surface area contributed by atoms with Gasteiger partial charge < -0.3 is 20.3 Å². The Morgan fingerprint density at radius 1 is 1.20 bits per heavy atom. The summed E-state index contributed by atoms with van der Waals surface area (Å²) in [4.78, 5) is 23.4. The predicted octanol–water partition coefficient (Wildman–Crippen LogP) is 0.999. The molecule has 0 amide bonds. The van der Waals surface area contributed by atoms with Crippen molar-refractivity contribution in [3.63, 3.8) is 0 Å². The maximum Gasteiger partial charge on any atom is 0.314 e. The molecular formula is C14H27NO5. The number of aliphatic hydroxyl groups excluding tert-OH is 1. The van der Waals surface area contributed by atoms with Crippen LogP contribution in [0.3, 0.4) is 0 Å². The van der Waals surface area contributed by atoms with Crippen molar-refractivity contribution in [2.75, 3.05) is 20.3 Å². The average molecular weight is 289 g/mol. The van der Waals surface area contributed by atoms with Crippen molar-refractivity contribution < 1.29 is 24.2 Å². The maximum absolute atomic E-state index is 11.8. The Balaban J connectivity index is 4.48. The second kappa shape index (κ2) is 8.21. The fourth-order valence-corrected chi connectivity index (χ4v) is 2.01. The maximum atomic E-state index is 11.8. The molecule has 0 unspecified atom stereocenters. The molecule has 1 atom stereocenters. The fraction of sp³-hybridized carbons (Fsp3) is 0.857. The second-order valence-electron chi connectivity index (χ2n) is 5.91. The van der Waals surface area contributed by atoms with Crippen molar-refractivity contribution in [2.45, 2.75) is 52.1 Å². The second-order valence-corrected chi connectivity index (χ2v) is 5.91. The zero-order chi connectivity index (χ0) is 15.8. The van der Waals surface area contributed by atoms with Gasteiger partial charge in [-0.25, -0.2) is 0 Å². The summed E-state index contributed by atoms with van der Waals surface area (Å²) in [6.45, 7) is 5.32. The highest BCUT2D eigenvalue weighted by molar-refractivity contribution is 5.77. The van der Waals surface area contributed by atoms with Crippen LogP contribution in [-0.4, -0.2) is 42.9 Å². The van der Waals surface area contributed by atoms with E-state index >= 15 is 0 Å². The third kappa shape index (κ3) is 6.34. The standard InChI is InChI=1S/C14H27NO5/c1-13(2,3)20-11(17)6-5-7-14(10-16,8-9-15)12(18)19-4/h16H,5-10,15H2,1-4H3/t14-/m0/s1. The van der Waals surface area contributed by atoms with Gasteiger partial charge in [0.2, 0.25) is 0 Å². The summed E-state index contributed by atoms with van der Waals surface area (Å²) >= 11 is 0. The molecule has 0 fully saturated rings. The number of aliphatic hydroxyl groups is 1.